The molecule has 37 heavy (non-hydrogen) atoms. The molecule has 188 valence electrons. The lowest BCUT2D eigenvalue weighted by Crippen LogP contribution is -2.33. The first-order valence-electron chi connectivity index (χ1n) is 11.8. The normalized spacial score (nSPS) is 17.4. The van der Waals surface area contributed by atoms with Crippen molar-refractivity contribution in [1.29, 1.82) is 0 Å². The Labute approximate surface area is 218 Å². The molecule has 2 aliphatic rings. The number of aliphatic imine (C=N–C) groups is 1. The van der Waals surface area contributed by atoms with Gasteiger partial charge in [-0.05, 0) is 67.9 Å². The van der Waals surface area contributed by atoms with Crippen molar-refractivity contribution >= 4 is 45.9 Å². The predicted molar refractivity (Wildman–Crippen MR) is 142 cm³/mol. The number of aryl methyl sites for hydroxylation is 1. The molecule has 8 nitrogen and oxygen atoms in total. The predicted octanol–water partition coefficient (Wildman–Crippen LogP) is 5.09. The van der Waals surface area contributed by atoms with E-state index in [1.54, 1.807) is 29.2 Å². The second-order valence-electron chi connectivity index (χ2n) is 8.83. The Hall–Kier alpha value is -4.11. The molecule has 1 N–H and O–H groups in total. The summed E-state index contributed by atoms with van der Waals surface area (Å²) in [6.45, 7) is 3.95. The highest BCUT2D eigenvalue weighted by Gasteiger charge is 2.39. The second kappa shape index (κ2) is 10.5. The Morgan fingerprint density at radius 2 is 1.76 bits per heavy atom. The maximum atomic E-state index is 13.5. The topological polar surface area (TPSA) is 97.3 Å². The van der Waals surface area contributed by atoms with Gasteiger partial charge in [-0.15, -0.1) is 0 Å². The summed E-state index contributed by atoms with van der Waals surface area (Å²) in [5.41, 5.74) is 3.84. The van der Waals surface area contributed by atoms with Gasteiger partial charge in [0.2, 0.25) is 18.6 Å². The Bertz CT molecular complexity index is 1390. The lowest BCUT2D eigenvalue weighted by atomic mass is 10.1. The maximum Gasteiger partial charge on any atom is 0.242 e. The highest BCUT2D eigenvalue weighted by molar-refractivity contribution is 8.15. The standard InChI is InChI=1S/C28H25N3O5S/c1-17-3-8-22(9-4-17)30-28-31(15-19-5-12-23-24(13-19)36-16-35-23)27(34)25(37-28)14-26(33)29-21-10-6-20(7-11-21)18(2)32/h3-13,25H,14-16H2,1-2H3,(H,29,33). The fourth-order valence-electron chi connectivity index (χ4n) is 3.99. The molecule has 9 heteroatoms. The van der Waals surface area contributed by atoms with Crippen LogP contribution in [0, 0.1) is 6.92 Å². The van der Waals surface area contributed by atoms with Crippen LogP contribution >= 0.6 is 11.8 Å². The van der Waals surface area contributed by atoms with Crippen LogP contribution in [0.15, 0.2) is 71.7 Å². The molecule has 2 aliphatic heterocycles. The van der Waals surface area contributed by atoms with Crippen LogP contribution in [0.25, 0.3) is 0 Å². The average molecular weight is 516 g/mol. The summed E-state index contributed by atoms with van der Waals surface area (Å²) >= 11 is 1.28. The summed E-state index contributed by atoms with van der Waals surface area (Å²) in [6.07, 6.45) is -0.0114. The van der Waals surface area contributed by atoms with E-state index < -0.39 is 5.25 Å². The molecule has 0 saturated carbocycles. The molecule has 1 atom stereocenters. The van der Waals surface area contributed by atoms with E-state index in [1.807, 2.05) is 49.4 Å². The van der Waals surface area contributed by atoms with E-state index in [4.69, 9.17) is 14.5 Å². The molecule has 2 heterocycles. The fraction of sp³-hybridized carbons (Fsp3) is 0.214. The van der Waals surface area contributed by atoms with Crippen molar-refractivity contribution < 1.29 is 23.9 Å². The molecular formula is C28H25N3O5S. The molecule has 5 rings (SSSR count). The Balaban J connectivity index is 1.34. The van der Waals surface area contributed by atoms with Crippen LogP contribution in [0.5, 0.6) is 11.5 Å². The molecule has 0 aromatic heterocycles. The van der Waals surface area contributed by atoms with E-state index >= 15 is 0 Å². The number of benzene rings is 3. The number of fused-ring (bicyclic) bond motifs is 1. The molecule has 0 aliphatic carbocycles. The number of hydrogen-bond acceptors (Lipinski definition) is 7. The Morgan fingerprint density at radius 3 is 2.49 bits per heavy atom. The smallest absolute Gasteiger partial charge is 0.242 e. The van der Waals surface area contributed by atoms with E-state index in [1.165, 1.54) is 18.7 Å². The number of ether oxygens (including phenoxy) is 2. The first-order chi connectivity index (χ1) is 17.9. The largest absolute Gasteiger partial charge is 0.454 e. The minimum Gasteiger partial charge on any atom is -0.454 e. The summed E-state index contributed by atoms with van der Waals surface area (Å²) in [5, 5.41) is 2.74. The number of thioether (sulfide) groups is 1. The number of anilines is 1. The minimum atomic E-state index is -0.616. The number of ketones is 1. The molecule has 0 bridgehead atoms. The van der Waals surface area contributed by atoms with Crippen molar-refractivity contribution in [3.8, 4) is 11.5 Å². The fourth-order valence-corrected chi connectivity index (χ4v) is 5.15. The molecular weight excluding hydrogens is 490 g/mol. The first-order valence-corrected chi connectivity index (χ1v) is 12.7. The van der Waals surface area contributed by atoms with Crippen molar-refractivity contribution in [2.75, 3.05) is 12.1 Å². The SMILES string of the molecule is CC(=O)c1ccc(NC(=O)CC2SC(=Nc3ccc(C)cc3)N(Cc3ccc4c(c3)OCO4)C2=O)cc1. The number of carbonyl (C=O) groups is 3. The Morgan fingerprint density at radius 1 is 1.03 bits per heavy atom. The van der Waals surface area contributed by atoms with Crippen LogP contribution < -0.4 is 14.8 Å². The van der Waals surface area contributed by atoms with E-state index in [0.29, 0.717) is 27.9 Å². The first kappa shape index (κ1) is 24.6. The van der Waals surface area contributed by atoms with Gasteiger partial charge in [-0.3, -0.25) is 19.3 Å². The number of amides is 2. The Kier molecular flexibility index (Phi) is 6.96. The molecule has 0 radical (unpaired) electrons. The summed E-state index contributed by atoms with van der Waals surface area (Å²) in [7, 11) is 0. The van der Waals surface area contributed by atoms with Crippen LogP contribution in [-0.2, 0) is 16.1 Å². The van der Waals surface area contributed by atoms with Crippen molar-refractivity contribution in [2.24, 2.45) is 4.99 Å². The molecule has 1 fully saturated rings. The van der Waals surface area contributed by atoms with Gasteiger partial charge in [0.05, 0.1) is 12.2 Å². The van der Waals surface area contributed by atoms with Gasteiger partial charge < -0.3 is 14.8 Å². The van der Waals surface area contributed by atoms with Gasteiger partial charge in [0.25, 0.3) is 0 Å². The minimum absolute atomic E-state index is 0.0114. The van der Waals surface area contributed by atoms with Gasteiger partial charge in [0.1, 0.15) is 5.25 Å². The number of carbonyl (C=O) groups excluding carboxylic acids is 3. The third-order valence-electron chi connectivity index (χ3n) is 6.00. The van der Waals surface area contributed by atoms with E-state index in [0.717, 1.165) is 16.8 Å². The van der Waals surface area contributed by atoms with Crippen molar-refractivity contribution in [3.05, 3.63) is 83.4 Å². The van der Waals surface area contributed by atoms with Crippen LogP contribution in [0.1, 0.15) is 34.8 Å². The highest BCUT2D eigenvalue weighted by atomic mass is 32.2. The van der Waals surface area contributed by atoms with Gasteiger partial charge in [-0.1, -0.05) is 35.5 Å². The molecule has 3 aromatic carbocycles. The highest BCUT2D eigenvalue weighted by Crippen LogP contribution is 2.36. The summed E-state index contributed by atoms with van der Waals surface area (Å²) < 4.78 is 10.9. The number of nitrogens with one attached hydrogen (secondary N) is 1. The number of amidine groups is 1. The zero-order valence-corrected chi connectivity index (χ0v) is 21.2. The van der Waals surface area contributed by atoms with Crippen molar-refractivity contribution in [3.63, 3.8) is 0 Å². The van der Waals surface area contributed by atoms with E-state index in [-0.39, 0.29) is 37.4 Å². The van der Waals surface area contributed by atoms with Crippen molar-refractivity contribution in [1.82, 2.24) is 4.90 Å². The lowest BCUT2D eigenvalue weighted by molar-refractivity contribution is -0.128. The zero-order valence-electron chi connectivity index (χ0n) is 20.4. The monoisotopic (exact) mass is 515 g/mol. The molecule has 1 saturated heterocycles. The number of hydrogen-bond donors (Lipinski definition) is 1. The number of nitrogens with zero attached hydrogens (tertiary/aromatic N) is 2. The number of rotatable bonds is 7. The van der Waals surface area contributed by atoms with E-state index in [2.05, 4.69) is 5.32 Å². The van der Waals surface area contributed by atoms with Gasteiger partial charge in [-0.25, -0.2) is 4.99 Å². The maximum absolute atomic E-state index is 13.5. The van der Waals surface area contributed by atoms with Gasteiger partial charge in [0.15, 0.2) is 22.4 Å². The molecule has 3 aromatic rings. The molecule has 0 spiro atoms. The molecule has 1 unspecified atom stereocenters. The van der Waals surface area contributed by atoms with Gasteiger partial charge in [0, 0.05) is 17.7 Å². The van der Waals surface area contributed by atoms with Crippen LogP contribution in [0.3, 0.4) is 0 Å². The van der Waals surface area contributed by atoms with Crippen molar-refractivity contribution in [2.45, 2.75) is 32.1 Å². The third kappa shape index (κ3) is 5.67. The summed E-state index contributed by atoms with van der Waals surface area (Å²) in [5.74, 6) is 0.788. The summed E-state index contributed by atoms with van der Waals surface area (Å²) in [4.78, 5) is 44.1. The van der Waals surface area contributed by atoms with Crippen LogP contribution in [-0.4, -0.2) is 39.7 Å². The number of Topliss-reactive ketones (excluding diaryl/α,β-unsaturated/α-hetero) is 1. The van der Waals surface area contributed by atoms with Crippen LogP contribution in [0.2, 0.25) is 0 Å². The zero-order chi connectivity index (χ0) is 25.9. The molecule has 2 amide bonds. The average Bonchev–Trinajstić information content (AvgIpc) is 3.46. The summed E-state index contributed by atoms with van der Waals surface area (Å²) in [6, 6.07) is 20.0. The van der Waals surface area contributed by atoms with Gasteiger partial charge in [-0.2, -0.15) is 0 Å². The quantitative estimate of drug-likeness (QED) is 0.441. The lowest BCUT2D eigenvalue weighted by Gasteiger charge is -2.17. The second-order valence-corrected chi connectivity index (χ2v) is 10.0. The van der Waals surface area contributed by atoms with Gasteiger partial charge >= 0.3 is 0 Å². The van der Waals surface area contributed by atoms with E-state index in [9.17, 15) is 14.4 Å². The van der Waals surface area contributed by atoms with Crippen LogP contribution in [0.4, 0.5) is 11.4 Å². The third-order valence-corrected chi connectivity index (χ3v) is 7.18.